The summed E-state index contributed by atoms with van der Waals surface area (Å²) in [6.45, 7) is 11.5. The minimum absolute atomic E-state index is 0. The summed E-state index contributed by atoms with van der Waals surface area (Å²) in [5.41, 5.74) is 0.389. The van der Waals surface area contributed by atoms with Crippen LogP contribution in [-0.4, -0.2) is 87.0 Å². The number of aliphatic imine (C=N–C) groups is 1. The normalized spacial score (nSPS) is 36.7. The molecule has 6 nitrogen and oxygen atoms in total. The highest BCUT2D eigenvalue weighted by Gasteiger charge is 2.65. The van der Waals surface area contributed by atoms with Crippen LogP contribution in [-0.2, 0) is 9.47 Å². The van der Waals surface area contributed by atoms with Gasteiger partial charge in [-0.3, -0.25) is 9.89 Å². The van der Waals surface area contributed by atoms with E-state index in [1.807, 2.05) is 0 Å². The summed E-state index contributed by atoms with van der Waals surface area (Å²) in [5, 5.41) is 3.97. The maximum Gasteiger partial charge on any atom is 0.194 e. The van der Waals surface area contributed by atoms with Crippen molar-refractivity contribution < 1.29 is 9.47 Å². The van der Waals surface area contributed by atoms with E-state index < -0.39 is 0 Å². The van der Waals surface area contributed by atoms with Crippen LogP contribution >= 0.6 is 24.0 Å². The van der Waals surface area contributed by atoms with E-state index in [4.69, 9.17) is 14.5 Å². The van der Waals surface area contributed by atoms with Crippen molar-refractivity contribution in [3.8, 4) is 0 Å². The van der Waals surface area contributed by atoms with Gasteiger partial charge in [-0.15, -0.1) is 24.0 Å². The van der Waals surface area contributed by atoms with Crippen LogP contribution < -0.4 is 5.32 Å². The number of fused-ring (bicyclic) bond motifs is 2. The van der Waals surface area contributed by atoms with Gasteiger partial charge in [0.2, 0.25) is 0 Å². The number of hydrogen-bond acceptors (Lipinski definition) is 4. The second-order valence-corrected chi connectivity index (χ2v) is 9.62. The van der Waals surface area contributed by atoms with E-state index in [9.17, 15) is 0 Å². The van der Waals surface area contributed by atoms with E-state index in [0.29, 0.717) is 23.5 Å². The molecular weight excluding hydrogens is 479 g/mol. The average Bonchev–Trinajstić information content (AvgIpc) is 3.46. The first kappa shape index (κ1) is 22.1. The van der Waals surface area contributed by atoms with Gasteiger partial charge in [0.05, 0.1) is 12.7 Å². The number of ether oxygens (including phenoxy) is 2. The van der Waals surface area contributed by atoms with Crippen LogP contribution in [0.15, 0.2) is 4.99 Å². The lowest BCUT2D eigenvalue weighted by molar-refractivity contribution is -0.125. The van der Waals surface area contributed by atoms with Gasteiger partial charge in [-0.2, -0.15) is 0 Å². The summed E-state index contributed by atoms with van der Waals surface area (Å²) in [4.78, 5) is 10.1. The molecule has 3 saturated heterocycles. The first-order valence-corrected chi connectivity index (χ1v) is 11.8. The van der Waals surface area contributed by atoms with E-state index >= 15 is 0 Å². The van der Waals surface area contributed by atoms with Gasteiger partial charge >= 0.3 is 0 Å². The SMILES string of the molecule is CCN=C(NC1C2CCOC2C12CCCC2)N1CCN(CC2CCOC2)CC1.I. The van der Waals surface area contributed by atoms with Crippen LogP contribution in [0, 0.1) is 17.3 Å². The molecule has 7 heteroatoms. The summed E-state index contributed by atoms with van der Waals surface area (Å²) in [5.74, 6) is 2.60. The highest BCUT2D eigenvalue weighted by atomic mass is 127. The molecule has 0 aromatic rings. The Kier molecular flexibility index (Phi) is 7.29. The van der Waals surface area contributed by atoms with Gasteiger partial charge in [0, 0.05) is 69.9 Å². The predicted molar refractivity (Wildman–Crippen MR) is 126 cm³/mol. The van der Waals surface area contributed by atoms with Crippen molar-refractivity contribution >= 4 is 29.9 Å². The minimum atomic E-state index is 0. The van der Waals surface area contributed by atoms with Crippen LogP contribution in [0.5, 0.6) is 0 Å². The quantitative estimate of drug-likeness (QED) is 0.352. The number of nitrogens with one attached hydrogen (secondary N) is 1. The lowest BCUT2D eigenvalue weighted by Gasteiger charge is -2.57. The van der Waals surface area contributed by atoms with Crippen molar-refractivity contribution in [2.24, 2.45) is 22.2 Å². The number of hydrogen-bond donors (Lipinski definition) is 1. The Morgan fingerprint density at radius 1 is 1.10 bits per heavy atom. The van der Waals surface area contributed by atoms with Crippen LogP contribution in [0.2, 0.25) is 0 Å². The zero-order chi connectivity index (χ0) is 19.0. The molecule has 4 unspecified atom stereocenters. The molecule has 3 aliphatic heterocycles. The van der Waals surface area contributed by atoms with Crippen molar-refractivity contribution in [2.45, 2.75) is 57.6 Å². The van der Waals surface area contributed by atoms with E-state index in [2.05, 4.69) is 22.0 Å². The fourth-order valence-electron chi connectivity index (χ4n) is 6.66. The van der Waals surface area contributed by atoms with Crippen LogP contribution in [0.4, 0.5) is 0 Å². The molecule has 0 aromatic carbocycles. The molecule has 2 saturated carbocycles. The second-order valence-electron chi connectivity index (χ2n) is 9.62. The zero-order valence-corrected chi connectivity index (χ0v) is 20.3. The van der Waals surface area contributed by atoms with Crippen molar-refractivity contribution in [1.82, 2.24) is 15.1 Å². The highest BCUT2D eigenvalue weighted by Crippen LogP contribution is 2.60. The first-order valence-electron chi connectivity index (χ1n) is 11.8. The van der Waals surface area contributed by atoms with Crippen molar-refractivity contribution in [3.05, 3.63) is 0 Å². The van der Waals surface area contributed by atoms with E-state index in [1.165, 1.54) is 45.1 Å². The summed E-state index contributed by atoms with van der Waals surface area (Å²) in [6.07, 6.45) is 8.38. The third-order valence-corrected chi connectivity index (χ3v) is 8.09. The van der Waals surface area contributed by atoms with Crippen molar-refractivity contribution in [1.29, 1.82) is 0 Å². The molecule has 0 aromatic heterocycles. The average molecular weight is 518 g/mol. The molecule has 3 heterocycles. The van der Waals surface area contributed by atoms with Crippen molar-refractivity contribution in [2.75, 3.05) is 59.1 Å². The number of nitrogens with zero attached hydrogens (tertiary/aromatic N) is 3. The van der Waals surface area contributed by atoms with E-state index in [-0.39, 0.29) is 24.0 Å². The molecule has 4 atom stereocenters. The maximum absolute atomic E-state index is 6.17. The Morgan fingerprint density at radius 2 is 1.90 bits per heavy atom. The molecule has 1 spiro atoms. The van der Waals surface area contributed by atoms with Gasteiger partial charge in [0.15, 0.2) is 5.96 Å². The molecule has 2 aliphatic carbocycles. The number of rotatable bonds is 4. The Hall–Kier alpha value is -0.120. The predicted octanol–water partition coefficient (Wildman–Crippen LogP) is 2.57. The number of piperazine rings is 1. The van der Waals surface area contributed by atoms with Gasteiger partial charge < -0.3 is 19.7 Å². The molecule has 5 fully saturated rings. The lowest BCUT2D eigenvalue weighted by atomic mass is 9.54. The number of guanidine groups is 1. The maximum atomic E-state index is 6.17. The highest BCUT2D eigenvalue weighted by molar-refractivity contribution is 14.0. The second kappa shape index (κ2) is 9.57. The van der Waals surface area contributed by atoms with E-state index in [1.54, 1.807) is 0 Å². The molecule has 1 N–H and O–H groups in total. The standard InChI is InChI=1S/C22H38N4O2.HI/c1-2-23-21(26-11-9-25(10-12-26)15-17-5-13-27-16-17)24-19-18-6-14-28-20(18)22(19)7-3-4-8-22;/h17-20H,2-16H2,1H3,(H,23,24);1H. The Morgan fingerprint density at radius 3 is 2.59 bits per heavy atom. The molecule has 5 aliphatic rings. The molecule has 29 heavy (non-hydrogen) atoms. The van der Waals surface area contributed by atoms with Gasteiger partial charge in [0.1, 0.15) is 0 Å². The topological polar surface area (TPSA) is 49.3 Å². The largest absolute Gasteiger partial charge is 0.381 e. The molecule has 0 amide bonds. The van der Waals surface area contributed by atoms with Gasteiger partial charge in [-0.1, -0.05) is 12.8 Å². The van der Waals surface area contributed by atoms with Gasteiger partial charge in [0.25, 0.3) is 0 Å². The molecule has 5 rings (SSSR count). The minimum Gasteiger partial charge on any atom is -0.381 e. The van der Waals surface area contributed by atoms with Crippen LogP contribution in [0.1, 0.15) is 45.4 Å². The summed E-state index contributed by atoms with van der Waals surface area (Å²) >= 11 is 0. The molecule has 166 valence electrons. The summed E-state index contributed by atoms with van der Waals surface area (Å²) in [7, 11) is 0. The third kappa shape index (κ3) is 4.17. The molecular formula is C22H39IN4O2. The monoisotopic (exact) mass is 518 g/mol. The fourth-order valence-corrected chi connectivity index (χ4v) is 6.66. The zero-order valence-electron chi connectivity index (χ0n) is 18.0. The fraction of sp³-hybridized carbons (Fsp3) is 0.955. The molecule has 0 radical (unpaired) electrons. The Labute approximate surface area is 193 Å². The van der Waals surface area contributed by atoms with Crippen LogP contribution in [0.25, 0.3) is 0 Å². The smallest absolute Gasteiger partial charge is 0.194 e. The van der Waals surface area contributed by atoms with Crippen LogP contribution in [0.3, 0.4) is 0 Å². The van der Waals surface area contributed by atoms with E-state index in [0.717, 1.165) is 64.4 Å². The lowest BCUT2D eigenvalue weighted by Crippen LogP contribution is -2.70. The van der Waals surface area contributed by atoms with Gasteiger partial charge in [-0.25, -0.2) is 0 Å². The third-order valence-electron chi connectivity index (χ3n) is 8.09. The summed E-state index contributed by atoms with van der Waals surface area (Å²) in [6, 6.07) is 0.571. The first-order chi connectivity index (χ1) is 13.8. The number of halogens is 1. The summed E-state index contributed by atoms with van der Waals surface area (Å²) < 4.78 is 11.7. The Balaban J connectivity index is 0.00000205. The molecule has 0 bridgehead atoms. The Bertz CT molecular complexity index is 569. The van der Waals surface area contributed by atoms with Crippen molar-refractivity contribution in [3.63, 3.8) is 0 Å². The van der Waals surface area contributed by atoms with Gasteiger partial charge in [-0.05, 0) is 38.5 Å².